The molecule has 6 rings (SSSR count). The van der Waals surface area contributed by atoms with Crippen molar-refractivity contribution < 1.29 is 0 Å². The van der Waals surface area contributed by atoms with Crippen LogP contribution >= 0.6 is 0 Å². The van der Waals surface area contributed by atoms with Crippen molar-refractivity contribution in [2.45, 2.75) is 19.4 Å². The molecule has 0 bridgehead atoms. The Hall–Kier alpha value is -4.46. The van der Waals surface area contributed by atoms with Crippen LogP contribution in [0.3, 0.4) is 0 Å². The van der Waals surface area contributed by atoms with Gasteiger partial charge < -0.3 is 20.9 Å². The van der Waals surface area contributed by atoms with Crippen molar-refractivity contribution in [3.63, 3.8) is 0 Å². The number of benzene rings is 2. The van der Waals surface area contributed by atoms with E-state index in [-0.39, 0.29) is 11.5 Å². The lowest BCUT2D eigenvalue weighted by atomic mass is 10.0. The van der Waals surface area contributed by atoms with Crippen LogP contribution in [0.1, 0.15) is 29.5 Å². The number of hydrogen-bond donors (Lipinski definition) is 4. The van der Waals surface area contributed by atoms with Gasteiger partial charge in [0.05, 0.1) is 16.8 Å². The number of nitrogens with zero attached hydrogens (tertiary/aromatic N) is 4. The van der Waals surface area contributed by atoms with Gasteiger partial charge in [-0.3, -0.25) is 5.41 Å². The van der Waals surface area contributed by atoms with Crippen LogP contribution in [0.25, 0.3) is 21.8 Å². The molecule has 1 aliphatic heterocycles. The Labute approximate surface area is 202 Å². The van der Waals surface area contributed by atoms with Crippen molar-refractivity contribution in [1.82, 2.24) is 19.9 Å². The highest BCUT2D eigenvalue weighted by molar-refractivity contribution is 6.17. The Morgan fingerprint density at radius 1 is 1.03 bits per heavy atom. The second-order valence-electron chi connectivity index (χ2n) is 8.85. The average molecular weight is 463 g/mol. The number of nitrogens with one attached hydrogen (secondary N) is 3. The Kier molecular flexibility index (Phi) is 5.25. The maximum Gasteiger partial charge on any atom is 0.141 e. The van der Waals surface area contributed by atoms with Crippen LogP contribution in [0.15, 0.2) is 67.1 Å². The van der Waals surface area contributed by atoms with Gasteiger partial charge in [0.15, 0.2) is 0 Å². The molecule has 0 atom stereocenters. The highest BCUT2D eigenvalue weighted by Crippen LogP contribution is 2.29. The van der Waals surface area contributed by atoms with E-state index in [0.717, 1.165) is 51.8 Å². The quantitative estimate of drug-likeness (QED) is 0.271. The van der Waals surface area contributed by atoms with Crippen molar-refractivity contribution in [2.24, 2.45) is 0 Å². The van der Waals surface area contributed by atoms with E-state index in [2.05, 4.69) is 43.4 Å². The van der Waals surface area contributed by atoms with Gasteiger partial charge in [0, 0.05) is 47.9 Å². The lowest BCUT2D eigenvalue weighted by Gasteiger charge is -2.22. The molecule has 174 valence electrons. The summed E-state index contributed by atoms with van der Waals surface area (Å²) in [6.45, 7) is 2.53. The third-order valence-electron chi connectivity index (χ3n) is 6.60. The minimum absolute atomic E-state index is 0.274. The number of H-pyrrole nitrogens is 1. The highest BCUT2D eigenvalue weighted by atomic mass is 15.2. The maximum atomic E-state index is 8.92. The predicted octanol–water partition coefficient (Wildman–Crippen LogP) is 4.72. The second kappa shape index (κ2) is 8.72. The molecule has 0 unspecified atom stereocenters. The van der Waals surface area contributed by atoms with Gasteiger partial charge in [0.25, 0.3) is 0 Å². The fourth-order valence-electron chi connectivity index (χ4n) is 4.79. The highest BCUT2D eigenvalue weighted by Gasteiger charge is 2.20. The van der Waals surface area contributed by atoms with Crippen LogP contribution in [0, 0.1) is 5.41 Å². The van der Waals surface area contributed by atoms with Gasteiger partial charge >= 0.3 is 0 Å². The first-order valence-corrected chi connectivity index (χ1v) is 11.8. The molecule has 4 heterocycles. The largest absolute Gasteiger partial charge is 0.383 e. The number of nitrogen functional groups attached to an aromatic ring is 1. The zero-order valence-electron chi connectivity index (χ0n) is 19.3. The molecule has 1 saturated heterocycles. The topological polar surface area (TPSA) is 120 Å². The zero-order valence-corrected chi connectivity index (χ0v) is 19.3. The summed E-state index contributed by atoms with van der Waals surface area (Å²) < 4.78 is 0. The smallest absolute Gasteiger partial charge is 0.141 e. The van der Waals surface area contributed by atoms with E-state index in [0.29, 0.717) is 17.9 Å². The normalized spacial score (nSPS) is 13.5. The molecule has 0 radical (unpaired) electrons. The molecule has 5 aromatic rings. The van der Waals surface area contributed by atoms with Crippen LogP contribution < -0.4 is 16.0 Å². The van der Waals surface area contributed by atoms with Gasteiger partial charge in [0.1, 0.15) is 23.8 Å². The molecule has 1 fully saturated rings. The number of aromatic amines is 1. The van der Waals surface area contributed by atoms with Gasteiger partial charge in [0.2, 0.25) is 0 Å². The molecule has 0 spiro atoms. The third kappa shape index (κ3) is 3.93. The fraction of sp³-hybridized carbons (Fsp3) is 0.185. The molecular weight excluding hydrogens is 436 g/mol. The number of anilines is 3. The van der Waals surface area contributed by atoms with Crippen molar-refractivity contribution >= 4 is 45.0 Å². The molecule has 0 aliphatic carbocycles. The van der Waals surface area contributed by atoms with Crippen molar-refractivity contribution in [2.75, 3.05) is 29.0 Å². The van der Waals surface area contributed by atoms with E-state index in [9.17, 15) is 0 Å². The number of hydrogen-bond acceptors (Lipinski definition) is 7. The summed E-state index contributed by atoms with van der Waals surface area (Å²) in [5, 5.41) is 14.5. The number of nitrogens with two attached hydrogens (primary N) is 1. The van der Waals surface area contributed by atoms with E-state index >= 15 is 0 Å². The zero-order chi connectivity index (χ0) is 23.8. The fourth-order valence-corrected chi connectivity index (χ4v) is 4.79. The number of para-hydroxylation sites is 1. The van der Waals surface area contributed by atoms with Gasteiger partial charge in [-0.05, 0) is 42.5 Å². The molecule has 8 nitrogen and oxygen atoms in total. The molecule has 1 aliphatic rings. The maximum absolute atomic E-state index is 8.92. The number of pyridine rings is 1. The van der Waals surface area contributed by atoms with Crippen molar-refractivity contribution in [1.29, 1.82) is 5.41 Å². The van der Waals surface area contributed by atoms with Crippen LogP contribution in [-0.2, 0) is 6.54 Å². The van der Waals surface area contributed by atoms with Crippen molar-refractivity contribution in [3.8, 4) is 0 Å². The van der Waals surface area contributed by atoms with Crippen LogP contribution in [0.2, 0.25) is 0 Å². The Morgan fingerprint density at radius 3 is 2.77 bits per heavy atom. The monoisotopic (exact) mass is 462 g/mol. The first-order valence-electron chi connectivity index (χ1n) is 11.8. The number of aromatic nitrogens is 4. The van der Waals surface area contributed by atoms with Crippen molar-refractivity contribution in [3.05, 3.63) is 83.8 Å². The predicted molar refractivity (Wildman–Crippen MR) is 141 cm³/mol. The van der Waals surface area contributed by atoms with E-state index in [1.807, 2.05) is 42.6 Å². The summed E-state index contributed by atoms with van der Waals surface area (Å²) in [6, 6.07) is 18.3. The van der Waals surface area contributed by atoms with E-state index < -0.39 is 0 Å². The van der Waals surface area contributed by atoms with Gasteiger partial charge in [-0.15, -0.1) is 0 Å². The molecule has 8 heteroatoms. The van der Waals surface area contributed by atoms with Gasteiger partial charge in [-0.25, -0.2) is 15.0 Å². The summed E-state index contributed by atoms with van der Waals surface area (Å²) in [4.78, 5) is 19.2. The van der Waals surface area contributed by atoms with E-state index in [1.54, 1.807) is 0 Å². The minimum Gasteiger partial charge on any atom is -0.383 e. The summed E-state index contributed by atoms with van der Waals surface area (Å²) in [5.41, 5.74) is 10.8. The molecule has 5 N–H and O–H groups in total. The molecule has 0 saturated carbocycles. The first-order chi connectivity index (χ1) is 17.2. The summed E-state index contributed by atoms with van der Waals surface area (Å²) in [5.74, 6) is 1.81. The molecule has 35 heavy (non-hydrogen) atoms. The molecule has 0 amide bonds. The van der Waals surface area contributed by atoms with Crippen LogP contribution in [0.4, 0.5) is 17.5 Å². The van der Waals surface area contributed by atoms with Crippen LogP contribution in [0.5, 0.6) is 0 Å². The standard InChI is InChI=1S/C27H26N8/c28-24(19-8-7-17-9-10-30-22(17)14-19)23-25(29)32-16-33-26(23)31-15-20-13-18-5-1-2-6-21(18)34-27(20)35-11-3-4-12-35/h1-2,5-10,13-14,16,28,30H,3-4,11-12,15H2,(H3,29,31,32,33). The Morgan fingerprint density at radius 2 is 1.89 bits per heavy atom. The Balaban J connectivity index is 1.35. The molecular formula is C27H26N8. The van der Waals surface area contributed by atoms with E-state index in [4.69, 9.17) is 16.1 Å². The minimum atomic E-state index is 0.274. The first kappa shape index (κ1) is 21.1. The summed E-state index contributed by atoms with van der Waals surface area (Å²) in [7, 11) is 0. The molecule has 3 aromatic heterocycles. The third-order valence-corrected chi connectivity index (χ3v) is 6.60. The second-order valence-corrected chi connectivity index (χ2v) is 8.85. The van der Waals surface area contributed by atoms with Gasteiger partial charge in [-0.1, -0.05) is 30.3 Å². The summed E-state index contributed by atoms with van der Waals surface area (Å²) >= 11 is 0. The SMILES string of the molecule is N=C(c1ccc2cc[nH]c2c1)c1c(N)ncnc1NCc1cc2ccccc2nc1N1CCCC1. The molecule has 2 aromatic carbocycles. The lowest BCUT2D eigenvalue weighted by molar-refractivity contribution is 0.921. The number of fused-ring (bicyclic) bond motifs is 2. The van der Waals surface area contributed by atoms with E-state index in [1.165, 1.54) is 19.2 Å². The average Bonchev–Trinajstić information content (AvgIpc) is 3.58. The van der Waals surface area contributed by atoms with Gasteiger partial charge in [-0.2, -0.15) is 0 Å². The summed E-state index contributed by atoms with van der Waals surface area (Å²) in [6.07, 6.45) is 5.68. The lowest BCUT2D eigenvalue weighted by Crippen LogP contribution is -2.22. The van der Waals surface area contributed by atoms with Crippen LogP contribution in [-0.4, -0.2) is 38.7 Å². The number of rotatable bonds is 6. The Bertz CT molecular complexity index is 1550.